The Kier molecular flexibility index (Phi) is 5.61. The van der Waals surface area contributed by atoms with Crippen LogP contribution in [0.15, 0.2) is 0 Å². The first-order valence-corrected chi connectivity index (χ1v) is 7.91. The minimum absolute atomic E-state index is 0.288. The maximum Gasteiger partial charge on any atom is 0.137 e. The molecule has 2 rings (SSSR count). The van der Waals surface area contributed by atoms with Crippen molar-refractivity contribution in [3.63, 3.8) is 0 Å². The van der Waals surface area contributed by atoms with Crippen molar-refractivity contribution in [2.24, 2.45) is 11.8 Å². The monoisotopic (exact) mass is 297 g/mol. The van der Waals surface area contributed by atoms with Crippen LogP contribution in [0.2, 0.25) is 5.15 Å². The summed E-state index contributed by atoms with van der Waals surface area (Å²) in [5.41, 5.74) is 0.903. The Bertz CT molecular complexity index is 453. The number of aromatic nitrogens is 2. The molecule has 0 amide bonds. The maximum atomic E-state index is 9.47. The second-order valence-electron chi connectivity index (χ2n) is 5.63. The number of nitrogens with one attached hydrogen (secondary N) is 1. The van der Waals surface area contributed by atoms with Gasteiger partial charge in [0.2, 0.25) is 0 Å². The summed E-state index contributed by atoms with van der Waals surface area (Å²) in [6, 6.07) is 0. The molecule has 2 atom stereocenters. The topological polar surface area (TPSA) is 58.0 Å². The van der Waals surface area contributed by atoms with E-state index in [2.05, 4.69) is 15.3 Å². The van der Waals surface area contributed by atoms with Crippen LogP contribution in [0.4, 0.5) is 5.82 Å². The molecule has 112 valence electrons. The number of nitrogens with zero attached hydrogens (tertiary/aromatic N) is 2. The lowest BCUT2D eigenvalue weighted by Gasteiger charge is -2.30. The van der Waals surface area contributed by atoms with Crippen molar-refractivity contribution in [2.45, 2.75) is 46.0 Å². The van der Waals surface area contributed by atoms with Gasteiger partial charge in [-0.2, -0.15) is 0 Å². The first kappa shape index (κ1) is 15.5. The molecule has 1 aliphatic carbocycles. The largest absolute Gasteiger partial charge is 0.396 e. The average molecular weight is 298 g/mol. The van der Waals surface area contributed by atoms with Crippen molar-refractivity contribution in [1.82, 2.24) is 9.97 Å². The van der Waals surface area contributed by atoms with Crippen molar-refractivity contribution >= 4 is 17.4 Å². The summed E-state index contributed by atoms with van der Waals surface area (Å²) in [7, 11) is 0. The summed E-state index contributed by atoms with van der Waals surface area (Å²) in [6.45, 7) is 5.10. The van der Waals surface area contributed by atoms with Crippen molar-refractivity contribution in [3.05, 3.63) is 16.5 Å². The van der Waals surface area contributed by atoms with Gasteiger partial charge in [-0.05, 0) is 31.6 Å². The molecule has 1 heterocycles. The van der Waals surface area contributed by atoms with Crippen LogP contribution in [0.1, 0.15) is 44.0 Å². The second kappa shape index (κ2) is 7.23. The number of aliphatic hydroxyl groups is 1. The van der Waals surface area contributed by atoms with E-state index in [1.807, 2.05) is 13.8 Å². The fourth-order valence-electron chi connectivity index (χ4n) is 2.88. The zero-order chi connectivity index (χ0) is 14.5. The van der Waals surface area contributed by atoms with Crippen LogP contribution in [0, 0.1) is 18.8 Å². The van der Waals surface area contributed by atoms with Gasteiger partial charge >= 0.3 is 0 Å². The molecule has 1 aromatic heterocycles. The van der Waals surface area contributed by atoms with Crippen molar-refractivity contribution in [1.29, 1.82) is 0 Å². The van der Waals surface area contributed by atoms with Crippen molar-refractivity contribution in [2.75, 3.05) is 18.5 Å². The average Bonchev–Trinajstić information content (AvgIpc) is 2.48. The molecule has 1 aliphatic rings. The van der Waals surface area contributed by atoms with E-state index in [1.165, 1.54) is 19.3 Å². The fourth-order valence-corrected chi connectivity index (χ4v) is 3.07. The fraction of sp³-hybridized carbons (Fsp3) is 0.733. The molecule has 0 bridgehead atoms. The van der Waals surface area contributed by atoms with Gasteiger partial charge in [-0.25, -0.2) is 9.97 Å². The van der Waals surface area contributed by atoms with Crippen molar-refractivity contribution in [3.8, 4) is 0 Å². The standard InChI is InChI=1S/C15H24ClN3O/c1-3-13-18-14(16)10(2)15(19-13)17-8-11-6-4-5-7-12(11)9-20/h11-12,20H,3-9H2,1-2H3,(H,17,18,19). The van der Waals surface area contributed by atoms with E-state index in [1.54, 1.807) is 0 Å². The van der Waals surface area contributed by atoms with E-state index in [0.717, 1.165) is 36.6 Å². The summed E-state index contributed by atoms with van der Waals surface area (Å²) in [6.07, 6.45) is 5.58. The van der Waals surface area contributed by atoms with Gasteiger partial charge in [0.25, 0.3) is 0 Å². The third-order valence-electron chi connectivity index (χ3n) is 4.28. The van der Waals surface area contributed by atoms with Gasteiger partial charge in [-0.15, -0.1) is 0 Å². The predicted octanol–water partition coefficient (Wildman–Crippen LogP) is 3.21. The van der Waals surface area contributed by atoms with Crippen LogP contribution in [0.5, 0.6) is 0 Å². The van der Waals surface area contributed by atoms with Gasteiger partial charge in [-0.3, -0.25) is 0 Å². The summed E-state index contributed by atoms with van der Waals surface area (Å²) >= 11 is 6.14. The van der Waals surface area contributed by atoms with Gasteiger partial charge in [0.1, 0.15) is 16.8 Å². The van der Waals surface area contributed by atoms with Gasteiger partial charge in [-0.1, -0.05) is 31.4 Å². The molecule has 1 aromatic rings. The summed E-state index contributed by atoms with van der Waals surface area (Å²) in [4.78, 5) is 8.77. The Labute approximate surface area is 126 Å². The summed E-state index contributed by atoms with van der Waals surface area (Å²) in [5.74, 6) is 2.54. The smallest absolute Gasteiger partial charge is 0.137 e. The van der Waals surface area contributed by atoms with Crippen LogP contribution >= 0.6 is 11.6 Å². The number of aryl methyl sites for hydroxylation is 1. The Morgan fingerprint density at radius 2 is 1.95 bits per heavy atom. The Balaban J connectivity index is 2.04. The first-order valence-electron chi connectivity index (χ1n) is 7.53. The number of hydrogen-bond donors (Lipinski definition) is 2. The Morgan fingerprint density at radius 3 is 2.60 bits per heavy atom. The van der Waals surface area contributed by atoms with Crippen LogP contribution in [-0.2, 0) is 6.42 Å². The molecule has 0 aliphatic heterocycles. The lowest BCUT2D eigenvalue weighted by Crippen LogP contribution is -2.29. The van der Waals surface area contributed by atoms with Gasteiger partial charge in [0.05, 0.1) is 0 Å². The highest BCUT2D eigenvalue weighted by molar-refractivity contribution is 6.30. The molecule has 0 aromatic carbocycles. The number of aliphatic hydroxyl groups excluding tert-OH is 1. The highest BCUT2D eigenvalue weighted by atomic mass is 35.5. The molecular formula is C15H24ClN3O. The summed E-state index contributed by atoms with van der Waals surface area (Å²) < 4.78 is 0. The Hall–Kier alpha value is -0.870. The molecular weight excluding hydrogens is 274 g/mol. The lowest BCUT2D eigenvalue weighted by molar-refractivity contribution is 0.141. The zero-order valence-electron chi connectivity index (χ0n) is 12.3. The van der Waals surface area contributed by atoms with Crippen LogP contribution in [0.25, 0.3) is 0 Å². The normalized spacial score (nSPS) is 22.8. The third kappa shape index (κ3) is 3.61. The first-order chi connectivity index (χ1) is 9.65. The van der Waals surface area contributed by atoms with E-state index in [-0.39, 0.29) is 6.61 Å². The van der Waals surface area contributed by atoms with E-state index < -0.39 is 0 Å². The minimum Gasteiger partial charge on any atom is -0.396 e. The highest BCUT2D eigenvalue weighted by Gasteiger charge is 2.24. The summed E-state index contributed by atoms with van der Waals surface area (Å²) in [5, 5.41) is 13.4. The highest BCUT2D eigenvalue weighted by Crippen LogP contribution is 2.30. The van der Waals surface area contributed by atoms with Gasteiger partial charge in [0, 0.05) is 25.1 Å². The molecule has 2 N–H and O–H groups in total. The zero-order valence-corrected chi connectivity index (χ0v) is 13.1. The SMILES string of the molecule is CCc1nc(Cl)c(C)c(NCC2CCCCC2CO)n1. The van der Waals surface area contributed by atoms with E-state index in [9.17, 15) is 5.11 Å². The lowest BCUT2D eigenvalue weighted by atomic mass is 9.79. The van der Waals surface area contributed by atoms with E-state index in [0.29, 0.717) is 17.0 Å². The van der Waals surface area contributed by atoms with E-state index >= 15 is 0 Å². The van der Waals surface area contributed by atoms with Crippen LogP contribution < -0.4 is 5.32 Å². The maximum absolute atomic E-state index is 9.47. The molecule has 1 saturated carbocycles. The van der Waals surface area contributed by atoms with Gasteiger partial charge in [0.15, 0.2) is 0 Å². The predicted molar refractivity (Wildman–Crippen MR) is 82.2 cm³/mol. The minimum atomic E-state index is 0.288. The number of hydrogen-bond acceptors (Lipinski definition) is 4. The molecule has 20 heavy (non-hydrogen) atoms. The molecule has 0 saturated heterocycles. The Morgan fingerprint density at radius 1 is 1.25 bits per heavy atom. The van der Waals surface area contributed by atoms with E-state index in [4.69, 9.17) is 11.6 Å². The number of halogens is 1. The molecule has 4 nitrogen and oxygen atoms in total. The molecule has 2 unspecified atom stereocenters. The number of rotatable bonds is 5. The molecule has 0 radical (unpaired) electrons. The molecule has 0 spiro atoms. The molecule has 1 fully saturated rings. The third-order valence-corrected chi connectivity index (χ3v) is 4.65. The second-order valence-corrected chi connectivity index (χ2v) is 5.98. The van der Waals surface area contributed by atoms with Crippen molar-refractivity contribution < 1.29 is 5.11 Å². The quantitative estimate of drug-likeness (QED) is 0.819. The van der Waals surface area contributed by atoms with Crippen LogP contribution in [0.3, 0.4) is 0 Å². The molecule has 5 heteroatoms. The van der Waals surface area contributed by atoms with Gasteiger partial charge < -0.3 is 10.4 Å². The van der Waals surface area contributed by atoms with Crippen LogP contribution in [-0.4, -0.2) is 28.2 Å². The number of anilines is 1.